The maximum atomic E-state index is 13.6. The fourth-order valence-electron chi connectivity index (χ4n) is 3.38. The van der Waals surface area contributed by atoms with Crippen LogP contribution in [0.1, 0.15) is 11.1 Å². The van der Waals surface area contributed by atoms with Gasteiger partial charge in [0, 0.05) is 34.9 Å². The molecular formula is C25H18FN3O. The first-order valence-corrected chi connectivity index (χ1v) is 9.44. The second-order valence-electron chi connectivity index (χ2n) is 6.85. The Morgan fingerprint density at radius 3 is 2.57 bits per heavy atom. The third-order valence-electron chi connectivity index (χ3n) is 4.76. The van der Waals surface area contributed by atoms with Crippen LogP contribution in [0, 0.1) is 17.1 Å². The third-order valence-corrected chi connectivity index (χ3v) is 4.76. The van der Waals surface area contributed by atoms with E-state index in [4.69, 9.17) is 0 Å². The standard InChI is InChI=1S/C25H18FN3O/c26-21-8-6-7-18(13-21)16-29-17-20(23-11-4-5-12-24(23)29)14-19(15-27)25(30)28-22-9-2-1-3-10-22/h1-14,17H,16H2,(H,28,30)/b19-14+. The molecule has 30 heavy (non-hydrogen) atoms. The van der Waals surface area contributed by atoms with Crippen molar-refractivity contribution in [2.75, 3.05) is 5.32 Å². The lowest BCUT2D eigenvalue weighted by molar-refractivity contribution is -0.112. The molecule has 1 aromatic heterocycles. The first-order chi connectivity index (χ1) is 14.6. The second-order valence-corrected chi connectivity index (χ2v) is 6.85. The zero-order valence-corrected chi connectivity index (χ0v) is 16.0. The predicted molar refractivity (Wildman–Crippen MR) is 116 cm³/mol. The van der Waals surface area contributed by atoms with Gasteiger partial charge >= 0.3 is 0 Å². The molecule has 0 bridgehead atoms. The number of hydrogen-bond donors (Lipinski definition) is 1. The normalized spacial score (nSPS) is 11.3. The summed E-state index contributed by atoms with van der Waals surface area (Å²) in [5.41, 5.74) is 3.15. The number of hydrogen-bond acceptors (Lipinski definition) is 2. The van der Waals surface area contributed by atoms with Gasteiger partial charge in [-0.1, -0.05) is 48.5 Å². The number of carbonyl (C=O) groups excluding carboxylic acids is 1. The number of carbonyl (C=O) groups is 1. The number of aromatic nitrogens is 1. The first kappa shape index (κ1) is 19.2. The smallest absolute Gasteiger partial charge is 0.266 e. The van der Waals surface area contributed by atoms with E-state index in [9.17, 15) is 14.4 Å². The molecule has 4 aromatic rings. The van der Waals surface area contributed by atoms with Crippen molar-refractivity contribution in [2.24, 2.45) is 0 Å². The topological polar surface area (TPSA) is 57.8 Å². The molecule has 0 aliphatic carbocycles. The fraction of sp³-hybridized carbons (Fsp3) is 0.0400. The minimum atomic E-state index is -0.467. The summed E-state index contributed by atoms with van der Waals surface area (Å²) in [7, 11) is 0. The molecule has 1 N–H and O–H groups in total. The number of rotatable bonds is 5. The molecule has 0 fully saturated rings. The average Bonchev–Trinajstić information content (AvgIpc) is 3.10. The summed E-state index contributed by atoms with van der Waals surface area (Å²) in [5, 5.41) is 13.2. The Kier molecular flexibility index (Phi) is 5.40. The van der Waals surface area contributed by atoms with Crippen molar-refractivity contribution in [3.8, 4) is 6.07 Å². The number of halogens is 1. The molecule has 146 valence electrons. The van der Waals surface area contributed by atoms with Crippen molar-refractivity contribution >= 4 is 28.6 Å². The molecule has 4 nitrogen and oxygen atoms in total. The van der Waals surface area contributed by atoms with Crippen molar-refractivity contribution in [1.29, 1.82) is 5.26 Å². The quantitative estimate of drug-likeness (QED) is 0.365. The van der Waals surface area contributed by atoms with Crippen LogP contribution < -0.4 is 5.32 Å². The summed E-state index contributed by atoms with van der Waals surface area (Å²) in [5.74, 6) is -0.751. The maximum Gasteiger partial charge on any atom is 0.266 e. The van der Waals surface area contributed by atoms with E-state index >= 15 is 0 Å². The summed E-state index contributed by atoms with van der Waals surface area (Å²) in [6, 6.07) is 25.2. The maximum absolute atomic E-state index is 13.6. The van der Waals surface area contributed by atoms with Crippen molar-refractivity contribution in [3.63, 3.8) is 0 Å². The van der Waals surface area contributed by atoms with Gasteiger partial charge in [-0.25, -0.2) is 4.39 Å². The van der Waals surface area contributed by atoms with E-state index in [1.165, 1.54) is 12.1 Å². The van der Waals surface area contributed by atoms with Crippen LogP contribution in [-0.2, 0) is 11.3 Å². The van der Waals surface area contributed by atoms with E-state index in [2.05, 4.69) is 5.32 Å². The van der Waals surface area contributed by atoms with E-state index in [0.717, 1.165) is 22.0 Å². The van der Waals surface area contributed by atoms with Crippen molar-refractivity contribution < 1.29 is 9.18 Å². The van der Waals surface area contributed by atoms with Gasteiger partial charge in [-0.05, 0) is 42.0 Å². The van der Waals surface area contributed by atoms with Crippen LogP contribution in [0.25, 0.3) is 17.0 Å². The van der Waals surface area contributed by atoms with Crippen LogP contribution >= 0.6 is 0 Å². The van der Waals surface area contributed by atoms with Gasteiger partial charge in [0.2, 0.25) is 0 Å². The van der Waals surface area contributed by atoms with Crippen molar-refractivity contribution in [2.45, 2.75) is 6.54 Å². The van der Waals surface area contributed by atoms with E-state index < -0.39 is 5.91 Å². The number of amides is 1. The number of benzene rings is 3. The molecule has 0 aliphatic heterocycles. The lowest BCUT2D eigenvalue weighted by Crippen LogP contribution is -2.13. The molecular weight excluding hydrogens is 377 g/mol. The Morgan fingerprint density at radius 2 is 1.80 bits per heavy atom. The molecule has 5 heteroatoms. The Labute approximate surface area is 173 Å². The number of nitrogens with one attached hydrogen (secondary N) is 1. The van der Waals surface area contributed by atoms with E-state index in [-0.39, 0.29) is 11.4 Å². The molecule has 0 saturated carbocycles. The molecule has 0 aliphatic rings. The molecule has 4 rings (SSSR count). The average molecular weight is 395 g/mol. The Morgan fingerprint density at radius 1 is 1.03 bits per heavy atom. The second kappa shape index (κ2) is 8.46. The fourth-order valence-corrected chi connectivity index (χ4v) is 3.38. The Hall–Kier alpha value is -4.17. The first-order valence-electron chi connectivity index (χ1n) is 9.44. The number of nitriles is 1. The van der Waals surface area contributed by atoms with Gasteiger partial charge in [-0.3, -0.25) is 4.79 Å². The van der Waals surface area contributed by atoms with Gasteiger partial charge in [-0.15, -0.1) is 0 Å². The summed E-state index contributed by atoms with van der Waals surface area (Å²) in [6.07, 6.45) is 3.46. The predicted octanol–water partition coefficient (Wildman–Crippen LogP) is 5.37. The SMILES string of the molecule is N#C/C(=C\c1cn(Cc2cccc(F)c2)c2ccccc12)C(=O)Nc1ccccc1. The van der Waals surface area contributed by atoms with Gasteiger partial charge in [0.1, 0.15) is 17.5 Å². The largest absolute Gasteiger partial charge is 0.342 e. The van der Waals surface area contributed by atoms with Crippen LogP contribution in [0.3, 0.4) is 0 Å². The molecule has 1 amide bonds. The number of para-hydroxylation sites is 2. The minimum absolute atomic E-state index is 0.00696. The molecule has 0 spiro atoms. The van der Waals surface area contributed by atoms with Crippen LogP contribution in [0.2, 0.25) is 0 Å². The highest BCUT2D eigenvalue weighted by atomic mass is 19.1. The van der Waals surface area contributed by atoms with Gasteiger partial charge in [0.15, 0.2) is 0 Å². The van der Waals surface area contributed by atoms with E-state index in [1.54, 1.807) is 24.3 Å². The molecule has 0 radical (unpaired) electrons. The minimum Gasteiger partial charge on any atom is -0.342 e. The Bertz CT molecular complexity index is 1280. The van der Waals surface area contributed by atoms with Gasteiger partial charge in [0.05, 0.1) is 0 Å². The number of fused-ring (bicyclic) bond motifs is 1. The number of nitrogens with zero attached hydrogens (tertiary/aromatic N) is 2. The molecule has 0 atom stereocenters. The highest BCUT2D eigenvalue weighted by molar-refractivity contribution is 6.10. The molecule has 0 unspecified atom stereocenters. The summed E-state index contributed by atoms with van der Waals surface area (Å²) in [4.78, 5) is 12.6. The number of anilines is 1. The van der Waals surface area contributed by atoms with Gasteiger partial charge in [-0.2, -0.15) is 5.26 Å². The highest BCUT2D eigenvalue weighted by Gasteiger charge is 2.13. The van der Waals surface area contributed by atoms with Crippen LogP contribution in [0.15, 0.2) is 90.6 Å². The van der Waals surface area contributed by atoms with Crippen LogP contribution in [-0.4, -0.2) is 10.5 Å². The van der Waals surface area contributed by atoms with Gasteiger partial charge < -0.3 is 9.88 Å². The monoisotopic (exact) mass is 395 g/mol. The van der Waals surface area contributed by atoms with Crippen molar-refractivity contribution in [3.05, 3.63) is 108 Å². The van der Waals surface area contributed by atoms with E-state index in [0.29, 0.717) is 12.2 Å². The van der Waals surface area contributed by atoms with Crippen LogP contribution in [0.4, 0.5) is 10.1 Å². The zero-order chi connectivity index (χ0) is 20.9. The lowest BCUT2D eigenvalue weighted by Gasteiger charge is -2.05. The zero-order valence-electron chi connectivity index (χ0n) is 16.0. The summed E-state index contributed by atoms with van der Waals surface area (Å²) >= 11 is 0. The molecule has 3 aromatic carbocycles. The lowest BCUT2D eigenvalue weighted by atomic mass is 10.1. The van der Waals surface area contributed by atoms with E-state index in [1.807, 2.05) is 65.4 Å². The summed E-state index contributed by atoms with van der Waals surface area (Å²) < 4.78 is 15.6. The summed E-state index contributed by atoms with van der Waals surface area (Å²) in [6.45, 7) is 0.476. The third kappa shape index (κ3) is 4.13. The van der Waals surface area contributed by atoms with Crippen LogP contribution in [0.5, 0.6) is 0 Å². The van der Waals surface area contributed by atoms with Gasteiger partial charge in [0.25, 0.3) is 5.91 Å². The molecule has 1 heterocycles. The molecule has 0 saturated heterocycles. The Balaban J connectivity index is 1.69. The highest BCUT2D eigenvalue weighted by Crippen LogP contribution is 2.25. The van der Waals surface area contributed by atoms with Crippen molar-refractivity contribution in [1.82, 2.24) is 4.57 Å².